The Morgan fingerprint density at radius 1 is 1.42 bits per heavy atom. The Hall–Kier alpha value is -2.08. The van der Waals surface area contributed by atoms with E-state index in [9.17, 15) is 9.59 Å². The van der Waals surface area contributed by atoms with Gasteiger partial charge in [0.2, 0.25) is 5.91 Å². The average Bonchev–Trinajstić information content (AvgIpc) is 2.42. The van der Waals surface area contributed by atoms with Crippen LogP contribution in [-0.2, 0) is 11.3 Å². The molecule has 0 aromatic heterocycles. The minimum absolute atomic E-state index is 0.0443. The number of hydrogen-bond acceptors (Lipinski definition) is 3. The van der Waals surface area contributed by atoms with E-state index in [0.717, 1.165) is 5.56 Å². The Morgan fingerprint density at radius 3 is 2.89 bits per heavy atom. The summed E-state index contributed by atoms with van der Waals surface area (Å²) in [6, 6.07) is 7.11. The number of amides is 3. The van der Waals surface area contributed by atoms with Gasteiger partial charge in [0.05, 0.1) is 0 Å². The van der Waals surface area contributed by atoms with Crippen molar-refractivity contribution in [2.45, 2.75) is 6.54 Å². The zero-order valence-corrected chi connectivity index (χ0v) is 10.9. The first-order chi connectivity index (χ1) is 9.10. The minimum Gasteiger partial charge on any atom is -0.342 e. The fraction of sp³-hybridized carbons (Fsp3) is 0.385. The van der Waals surface area contributed by atoms with Gasteiger partial charge < -0.3 is 20.9 Å². The topological polar surface area (TPSA) is 78.7 Å². The molecular weight excluding hydrogens is 244 g/mol. The van der Waals surface area contributed by atoms with E-state index in [-0.39, 0.29) is 18.5 Å². The summed E-state index contributed by atoms with van der Waals surface area (Å²) >= 11 is 0. The predicted octanol–water partition coefficient (Wildman–Crippen LogP) is 0.451. The highest BCUT2D eigenvalue weighted by atomic mass is 16.2. The number of urea groups is 1. The molecular formula is C13H18N4O2. The predicted molar refractivity (Wildman–Crippen MR) is 72.6 cm³/mol. The van der Waals surface area contributed by atoms with Crippen molar-refractivity contribution in [2.24, 2.45) is 5.73 Å². The monoisotopic (exact) mass is 262 g/mol. The molecule has 0 unspecified atom stereocenters. The third kappa shape index (κ3) is 3.23. The van der Waals surface area contributed by atoms with Crippen LogP contribution in [0.1, 0.15) is 5.56 Å². The van der Waals surface area contributed by atoms with E-state index < -0.39 is 0 Å². The van der Waals surface area contributed by atoms with E-state index >= 15 is 0 Å². The third-order valence-corrected chi connectivity index (χ3v) is 3.16. The lowest BCUT2D eigenvalue weighted by Crippen LogP contribution is -2.51. The van der Waals surface area contributed by atoms with Crippen LogP contribution in [0.4, 0.5) is 10.5 Å². The zero-order chi connectivity index (χ0) is 13.8. The summed E-state index contributed by atoms with van der Waals surface area (Å²) < 4.78 is 0. The number of anilines is 1. The van der Waals surface area contributed by atoms with Crippen LogP contribution >= 0.6 is 0 Å². The first-order valence-electron chi connectivity index (χ1n) is 6.19. The number of benzene rings is 1. The Morgan fingerprint density at radius 2 is 2.21 bits per heavy atom. The molecule has 6 heteroatoms. The summed E-state index contributed by atoms with van der Waals surface area (Å²) in [6.45, 7) is 1.66. The molecule has 0 saturated carbocycles. The molecule has 1 heterocycles. The van der Waals surface area contributed by atoms with Gasteiger partial charge in [-0.2, -0.15) is 0 Å². The molecule has 1 fully saturated rings. The lowest BCUT2D eigenvalue weighted by Gasteiger charge is -2.31. The maximum absolute atomic E-state index is 12.0. The lowest BCUT2D eigenvalue weighted by molar-refractivity contribution is -0.133. The summed E-state index contributed by atoms with van der Waals surface area (Å²) in [6.07, 6.45) is 0. The molecule has 3 N–H and O–H groups in total. The van der Waals surface area contributed by atoms with E-state index in [1.807, 2.05) is 18.2 Å². The second kappa shape index (κ2) is 5.71. The standard InChI is InChI=1S/C13H18N4O2/c1-16-5-6-17(9-12(16)18)13(19)15-11-4-2-3-10(7-11)8-14/h2-4,7H,5-6,8-9,14H2,1H3,(H,15,19). The molecule has 1 aromatic carbocycles. The van der Waals surface area contributed by atoms with Gasteiger partial charge in [0, 0.05) is 32.4 Å². The molecule has 1 saturated heterocycles. The van der Waals surface area contributed by atoms with Gasteiger partial charge in [-0.15, -0.1) is 0 Å². The fourth-order valence-corrected chi connectivity index (χ4v) is 1.91. The molecule has 0 spiro atoms. The van der Waals surface area contributed by atoms with Crippen molar-refractivity contribution in [2.75, 3.05) is 32.0 Å². The van der Waals surface area contributed by atoms with Crippen LogP contribution < -0.4 is 11.1 Å². The summed E-state index contributed by atoms with van der Waals surface area (Å²) in [5.74, 6) is -0.0443. The van der Waals surface area contributed by atoms with E-state index in [2.05, 4.69) is 5.32 Å². The molecule has 6 nitrogen and oxygen atoms in total. The summed E-state index contributed by atoms with van der Waals surface area (Å²) in [5, 5.41) is 2.78. The zero-order valence-electron chi connectivity index (χ0n) is 10.9. The van der Waals surface area contributed by atoms with Crippen LogP contribution in [0.2, 0.25) is 0 Å². The fourth-order valence-electron chi connectivity index (χ4n) is 1.91. The Bertz CT molecular complexity index is 489. The van der Waals surface area contributed by atoms with Gasteiger partial charge in [0.25, 0.3) is 0 Å². The molecule has 0 radical (unpaired) electrons. The Balaban J connectivity index is 1.99. The molecule has 1 aromatic rings. The molecule has 2 rings (SSSR count). The first-order valence-corrected chi connectivity index (χ1v) is 6.19. The maximum Gasteiger partial charge on any atom is 0.322 e. The number of nitrogens with one attached hydrogen (secondary N) is 1. The van der Waals surface area contributed by atoms with E-state index in [0.29, 0.717) is 25.3 Å². The summed E-state index contributed by atoms with van der Waals surface area (Å²) in [7, 11) is 1.74. The number of carbonyl (C=O) groups is 2. The molecule has 3 amide bonds. The minimum atomic E-state index is -0.254. The van der Waals surface area contributed by atoms with Crippen LogP contribution in [0.25, 0.3) is 0 Å². The van der Waals surface area contributed by atoms with Gasteiger partial charge in [-0.05, 0) is 17.7 Å². The highest BCUT2D eigenvalue weighted by molar-refractivity contribution is 5.93. The smallest absolute Gasteiger partial charge is 0.322 e. The molecule has 1 aliphatic rings. The van der Waals surface area contributed by atoms with Crippen molar-refractivity contribution >= 4 is 17.6 Å². The SMILES string of the molecule is CN1CCN(C(=O)Nc2cccc(CN)c2)CC1=O. The van der Waals surface area contributed by atoms with Crippen molar-refractivity contribution in [1.82, 2.24) is 9.80 Å². The van der Waals surface area contributed by atoms with Crippen molar-refractivity contribution in [3.8, 4) is 0 Å². The van der Waals surface area contributed by atoms with E-state index in [1.165, 1.54) is 4.90 Å². The van der Waals surface area contributed by atoms with Crippen LogP contribution in [0.5, 0.6) is 0 Å². The number of carbonyl (C=O) groups excluding carboxylic acids is 2. The summed E-state index contributed by atoms with van der Waals surface area (Å²) in [5.41, 5.74) is 7.20. The first kappa shape index (κ1) is 13.4. The van der Waals surface area contributed by atoms with Gasteiger partial charge in [-0.3, -0.25) is 4.79 Å². The third-order valence-electron chi connectivity index (χ3n) is 3.16. The average molecular weight is 262 g/mol. The molecule has 1 aliphatic heterocycles. The van der Waals surface area contributed by atoms with Crippen molar-refractivity contribution in [3.05, 3.63) is 29.8 Å². The summed E-state index contributed by atoms with van der Waals surface area (Å²) in [4.78, 5) is 26.7. The van der Waals surface area contributed by atoms with Gasteiger partial charge in [0.15, 0.2) is 0 Å². The number of likely N-dealkylation sites (N-methyl/N-ethyl adjacent to an activating group) is 1. The van der Waals surface area contributed by atoms with Crippen molar-refractivity contribution in [3.63, 3.8) is 0 Å². The second-order valence-electron chi connectivity index (χ2n) is 4.57. The number of nitrogens with zero attached hydrogens (tertiary/aromatic N) is 2. The molecule has 19 heavy (non-hydrogen) atoms. The van der Waals surface area contributed by atoms with Gasteiger partial charge in [-0.1, -0.05) is 12.1 Å². The highest BCUT2D eigenvalue weighted by Gasteiger charge is 2.24. The number of hydrogen-bond donors (Lipinski definition) is 2. The van der Waals surface area contributed by atoms with Gasteiger partial charge >= 0.3 is 6.03 Å². The second-order valence-corrected chi connectivity index (χ2v) is 4.57. The molecule has 0 aliphatic carbocycles. The maximum atomic E-state index is 12.0. The molecule has 102 valence electrons. The highest BCUT2D eigenvalue weighted by Crippen LogP contribution is 2.12. The number of nitrogens with two attached hydrogens (primary N) is 1. The van der Waals surface area contributed by atoms with E-state index in [1.54, 1.807) is 18.0 Å². The van der Waals surface area contributed by atoms with Crippen LogP contribution in [0.3, 0.4) is 0 Å². The number of rotatable bonds is 2. The largest absolute Gasteiger partial charge is 0.342 e. The van der Waals surface area contributed by atoms with Crippen LogP contribution in [-0.4, -0.2) is 48.4 Å². The number of piperazine rings is 1. The van der Waals surface area contributed by atoms with E-state index in [4.69, 9.17) is 5.73 Å². The quantitative estimate of drug-likeness (QED) is 0.812. The molecule has 0 atom stereocenters. The molecule has 0 bridgehead atoms. The normalized spacial score (nSPS) is 15.6. The van der Waals surface area contributed by atoms with Crippen molar-refractivity contribution in [1.29, 1.82) is 0 Å². The van der Waals surface area contributed by atoms with Crippen molar-refractivity contribution < 1.29 is 9.59 Å². The Kier molecular flexibility index (Phi) is 4.01. The van der Waals surface area contributed by atoms with Crippen LogP contribution in [0.15, 0.2) is 24.3 Å². The Labute approximate surface area is 112 Å². The van der Waals surface area contributed by atoms with Crippen LogP contribution in [0, 0.1) is 0 Å². The van der Waals surface area contributed by atoms with Gasteiger partial charge in [0.1, 0.15) is 6.54 Å². The van der Waals surface area contributed by atoms with Gasteiger partial charge in [-0.25, -0.2) is 4.79 Å². The lowest BCUT2D eigenvalue weighted by atomic mass is 10.2.